The summed E-state index contributed by atoms with van der Waals surface area (Å²) >= 11 is 6.39. The Labute approximate surface area is 288 Å². The Kier molecular flexibility index (Phi) is 10.7. The maximum atomic E-state index is 12.5. The Hall–Kier alpha value is -2.67. The van der Waals surface area contributed by atoms with Crippen LogP contribution in [0.25, 0.3) is 0 Å². The van der Waals surface area contributed by atoms with Gasteiger partial charge in [0.2, 0.25) is 10.0 Å². The van der Waals surface area contributed by atoms with Crippen LogP contribution in [0.3, 0.4) is 0 Å². The standard InChI is InChI=1S/C36H47ClN2O8S/c1-45-33(34(48(38,43)44)19-27-6-4-16-46-27)8-2-7-31(40)28-12-9-25(28)20-39-21-36(15-3-5-23-17-26(37)11-13-29(23)36)22-47-32-14-10-24(35(41)42)18-30(32)39/h2,7,10-11,13-14,17-18,25,27-28,31,33-34,40H,3-6,8-9,12,15-16,19-22H2,1H3,(H,41,42)(H2,38,43,44)/b7-2+/t25-,27+,28+,31-,33+,34-,36-/m0/s1. The number of carbonyl (C=O) groups is 1. The largest absolute Gasteiger partial charge is 0.490 e. The zero-order valence-corrected chi connectivity index (χ0v) is 29.0. The first-order valence-electron chi connectivity index (χ1n) is 17.0. The number of primary sulfonamides is 1. The van der Waals surface area contributed by atoms with Gasteiger partial charge in [0.25, 0.3) is 0 Å². The molecule has 0 bridgehead atoms. The molecule has 2 heterocycles. The Balaban J connectivity index is 1.19. The number of hydrogen-bond acceptors (Lipinski definition) is 8. The fraction of sp³-hybridized carbons (Fsp3) is 0.583. The van der Waals surface area contributed by atoms with E-state index in [1.165, 1.54) is 18.2 Å². The van der Waals surface area contributed by atoms with Crippen molar-refractivity contribution in [3.8, 4) is 5.75 Å². The number of hydrogen-bond donors (Lipinski definition) is 3. The van der Waals surface area contributed by atoms with E-state index in [1.54, 1.807) is 30.4 Å². The first-order valence-corrected chi connectivity index (χ1v) is 19.0. The Morgan fingerprint density at radius 1 is 1.21 bits per heavy atom. The molecule has 0 radical (unpaired) electrons. The minimum atomic E-state index is -3.88. The number of aromatic carboxylic acids is 1. The number of sulfonamides is 1. The number of benzene rings is 2. The van der Waals surface area contributed by atoms with Gasteiger partial charge >= 0.3 is 5.97 Å². The summed E-state index contributed by atoms with van der Waals surface area (Å²) in [6.45, 7) is 2.38. The highest BCUT2D eigenvalue weighted by Gasteiger charge is 2.44. The smallest absolute Gasteiger partial charge is 0.335 e. The molecule has 262 valence electrons. The molecular weight excluding hydrogens is 656 g/mol. The third kappa shape index (κ3) is 7.56. The Bertz CT molecular complexity index is 1610. The lowest BCUT2D eigenvalue weighted by Gasteiger charge is -2.45. The lowest BCUT2D eigenvalue weighted by atomic mass is 9.68. The van der Waals surface area contributed by atoms with Crippen LogP contribution >= 0.6 is 11.6 Å². The minimum Gasteiger partial charge on any atom is -0.490 e. The second-order valence-electron chi connectivity index (χ2n) is 14.0. The highest BCUT2D eigenvalue weighted by molar-refractivity contribution is 7.89. The van der Waals surface area contributed by atoms with Crippen molar-refractivity contribution in [3.05, 3.63) is 70.3 Å². The minimum absolute atomic E-state index is 0.00755. The van der Waals surface area contributed by atoms with Crippen LogP contribution in [0.1, 0.15) is 72.9 Å². The molecule has 4 N–H and O–H groups in total. The zero-order valence-electron chi connectivity index (χ0n) is 27.4. The van der Waals surface area contributed by atoms with E-state index in [4.69, 9.17) is 31.0 Å². The first-order chi connectivity index (χ1) is 23.0. The van der Waals surface area contributed by atoms with Crippen molar-refractivity contribution in [3.63, 3.8) is 0 Å². The first kappa shape index (κ1) is 35.2. The van der Waals surface area contributed by atoms with Crippen molar-refractivity contribution >= 4 is 33.3 Å². The van der Waals surface area contributed by atoms with E-state index in [2.05, 4.69) is 17.0 Å². The molecular formula is C36H47ClN2O8S. The summed E-state index contributed by atoms with van der Waals surface area (Å²) in [6.07, 6.45) is 8.93. The van der Waals surface area contributed by atoms with Crippen molar-refractivity contribution in [2.24, 2.45) is 17.0 Å². The van der Waals surface area contributed by atoms with Crippen LogP contribution in [0, 0.1) is 11.8 Å². The SMILES string of the molecule is CO[C@H](C/C=C/[C@H](O)[C@@H]1CC[C@H]1CN1C[C@@]2(CCCc3cc(Cl)ccc32)COc2ccc(C(=O)O)cc21)[C@H](C[C@H]1CCCO1)S(N)(=O)=O. The number of carboxylic acids is 1. The van der Waals surface area contributed by atoms with Crippen LogP contribution in [0.2, 0.25) is 5.02 Å². The number of anilines is 1. The topological polar surface area (TPSA) is 149 Å². The van der Waals surface area contributed by atoms with E-state index in [-0.39, 0.29) is 35.3 Å². The lowest BCUT2D eigenvalue weighted by Crippen LogP contribution is -2.49. The molecule has 2 aliphatic heterocycles. The number of aryl methyl sites for hydroxylation is 1. The molecule has 6 rings (SSSR count). The van der Waals surface area contributed by atoms with Gasteiger partial charge in [0.05, 0.1) is 36.2 Å². The van der Waals surface area contributed by atoms with Crippen LogP contribution in [-0.4, -0.2) is 81.6 Å². The monoisotopic (exact) mass is 702 g/mol. The van der Waals surface area contributed by atoms with Gasteiger partial charge in [0, 0.05) is 37.2 Å². The number of carboxylic acid groups (broad SMARTS) is 1. The van der Waals surface area contributed by atoms with E-state index >= 15 is 0 Å². The summed E-state index contributed by atoms with van der Waals surface area (Å²) in [5.41, 5.74) is 3.12. The molecule has 2 aliphatic carbocycles. The number of rotatable bonds is 12. The second-order valence-corrected chi connectivity index (χ2v) is 16.2. The normalized spacial score (nSPS) is 27.4. The average molecular weight is 703 g/mol. The summed E-state index contributed by atoms with van der Waals surface area (Å²) in [6, 6.07) is 11.1. The molecule has 0 unspecified atom stereocenters. The van der Waals surface area contributed by atoms with Crippen LogP contribution in [0.5, 0.6) is 5.75 Å². The molecule has 2 aromatic rings. The molecule has 0 amide bonds. The number of methoxy groups -OCH3 is 1. The predicted molar refractivity (Wildman–Crippen MR) is 184 cm³/mol. The number of fused-ring (bicyclic) bond motifs is 3. The molecule has 1 spiro atoms. The highest BCUT2D eigenvalue weighted by atomic mass is 35.5. The maximum Gasteiger partial charge on any atom is 0.335 e. The van der Waals surface area contributed by atoms with E-state index in [1.807, 2.05) is 6.07 Å². The second kappa shape index (κ2) is 14.7. The molecule has 1 saturated heterocycles. The van der Waals surface area contributed by atoms with Gasteiger partial charge in [-0.3, -0.25) is 0 Å². The van der Waals surface area contributed by atoms with Crippen LogP contribution < -0.4 is 14.8 Å². The van der Waals surface area contributed by atoms with Crippen LogP contribution in [-0.2, 0) is 31.3 Å². The van der Waals surface area contributed by atoms with Crippen molar-refractivity contribution in [1.82, 2.24) is 0 Å². The average Bonchev–Trinajstić information content (AvgIpc) is 3.50. The summed E-state index contributed by atoms with van der Waals surface area (Å²) in [5.74, 6) is -0.185. The van der Waals surface area contributed by atoms with E-state index in [0.29, 0.717) is 43.5 Å². The van der Waals surface area contributed by atoms with Crippen LogP contribution in [0.4, 0.5) is 5.69 Å². The molecule has 4 aliphatic rings. The molecule has 12 heteroatoms. The fourth-order valence-corrected chi connectivity index (χ4v) is 9.61. The Morgan fingerprint density at radius 2 is 2.04 bits per heavy atom. The lowest BCUT2D eigenvalue weighted by molar-refractivity contribution is 0.0447. The molecule has 2 fully saturated rings. The zero-order chi connectivity index (χ0) is 34.1. The predicted octanol–water partition coefficient (Wildman–Crippen LogP) is 5.09. The van der Waals surface area contributed by atoms with Gasteiger partial charge in [-0.1, -0.05) is 29.8 Å². The summed E-state index contributed by atoms with van der Waals surface area (Å²) in [4.78, 5) is 14.3. The van der Waals surface area contributed by atoms with Crippen molar-refractivity contribution < 1.29 is 37.6 Å². The van der Waals surface area contributed by atoms with Gasteiger partial charge in [0.1, 0.15) is 11.0 Å². The molecule has 10 nitrogen and oxygen atoms in total. The van der Waals surface area contributed by atoms with Gasteiger partial charge in [0.15, 0.2) is 0 Å². The Morgan fingerprint density at radius 3 is 2.73 bits per heavy atom. The van der Waals surface area contributed by atoms with E-state index in [0.717, 1.165) is 50.6 Å². The van der Waals surface area contributed by atoms with Gasteiger partial charge in [-0.2, -0.15) is 0 Å². The van der Waals surface area contributed by atoms with Gasteiger partial charge in [-0.15, -0.1) is 0 Å². The van der Waals surface area contributed by atoms with Crippen molar-refractivity contribution in [2.45, 2.75) is 86.8 Å². The number of aliphatic hydroxyl groups excluding tert-OH is 1. The van der Waals surface area contributed by atoms with E-state index < -0.39 is 33.5 Å². The molecule has 7 atom stereocenters. The van der Waals surface area contributed by atoms with Crippen molar-refractivity contribution in [1.29, 1.82) is 0 Å². The molecule has 1 saturated carbocycles. The van der Waals surface area contributed by atoms with Gasteiger partial charge < -0.3 is 29.3 Å². The summed E-state index contributed by atoms with van der Waals surface area (Å²) < 4.78 is 42.7. The number of nitrogens with two attached hydrogens (primary N) is 1. The maximum absolute atomic E-state index is 12.5. The summed E-state index contributed by atoms with van der Waals surface area (Å²) in [7, 11) is -2.40. The molecule has 0 aromatic heterocycles. The van der Waals surface area contributed by atoms with Crippen LogP contribution in [0.15, 0.2) is 48.6 Å². The summed E-state index contributed by atoms with van der Waals surface area (Å²) in [5, 5.41) is 26.6. The van der Waals surface area contributed by atoms with Gasteiger partial charge in [-0.05, 0) is 111 Å². The number of aliphatic hydroxyl groups is 1. The highest BCUT2D eigenvalue weighted by Crippen LogP contribution is 2.46. The van der Waals surface area contributed by atoms with E-state index in [9.17, 15) is 23.4 Å². The number of halogens is 1. The fourth-order valence-electron chi connectivity index (χ4n) is 8.28. The van der Waals surface area contributed by atoms with Gasteiger partial charge in [-0.25, -0.2) is 18.4 Å². The van der Waals surface area contributed by atoms with Crippen molar-refractivity contribution in [2.75, 3.05) is 38.3 Å². The number of nitrogens with zero attached hydrogens (tertiary/aromatic N) is 1. The third-order valence-electron chi connectivity index (χ3n) is 11.0. The molecule has 2 aromatic carbocycles. The molecule has 48 heavy (non-hydrogen) atoms. The quantitative estimate of drug-likeness (QED) is 0.257. The third-order valence-corrected chi connectivity index (χ3v) is 12.6. The number of ether oxygens (including phenoxy) is 3.